The Labute approximate surface area is 191 Å². The highest BCUT2D eigenvalue weighted by molar-refractivity contribution is 6.30. The maximum atomic E-state index is 13.3. The van der Waals surface area contributed by atoms with Gasteiger partial charge in [0.25, 0.3) is 11.8 Å². The molecule has 2 aliphatic rings. The number of Topliss-reactive ketones (excluding diaryl/α,β-unsaturated/α-hetero) is 1. The van der Waals surface area contributed by atoms with Gasteiger partial charge < -0.3 is 0 Å². The van der Waals surface area contributed by atoms with Gasteiger partial charge in [-0.1, -0.05) is 67.1 Å². The Hall–Kier alpha value is -3.24. The fourth-order valence-electron chi connectivity index (χ4n) is 5.07. The molecule has 0 unspecified atom stereocenters. The first kappa shape index (κ1) is 20.7. The second kappa shape index (κ2) is 8.03. The smallest absolute Gasteiger partial charge is 0.261 e. The molecule has 0 aromatic heterocycles. The van der Waals surface area contributed by atoms with E-state index in [-0.39, 0.29) is 35.5 Å². The van der Waals surface area contributed by atoms with Crippen molar-refractivity contribution in [1.82, 2.24) is 4.90 Å². The second-order valence-electron chi connectivity index (χ2n) is 8.58. The lowest BCUT2D eigenvalue weighted by Gasteiger charge is -2.27. The third kappa shape index (κ3) is 3.35. The quantitative estimate of drug-likeness (QED) is 0.372. The van der Waals surface area contributed by atoms with E-state index in [0.29, 0.717) is 34.6 Å². The predicted molar refractivity (Wildman–Crippen MR) is 124 cm³/mol. The van der Waals surface area contributed by atoms with Gasteiger partial charge in [-0.15, -0.1) is 0 Å². The predicted octanol–water partition coefficient (Wildman–Crippen LogP) is 5.90. The minimum absolute atomic E-state index is 0.0688. The molecule has 5 rings (SSSR count). The van der Waals surface area contributed by atoms with E-state index in [0.717, 1.165) is 11.1 Å². The van der Waals surface area contributed by atoms with Gasteiger partial charge in [-0.05, 0) is 54.2 Å². The van der Waals surface area contributed by atoms with E-state index < -0.39 is 0 Å². The fourth-order valence-corrected chi connectivity index (χ4v) is 5.20. The molecule has 160 valence electrons. The number of rotatable bonds is 4. The lowest BCUT2D eigenvalue weighted by Crippen LogP contribution is -2.42. The van der Waals surface area contributed by atoms with Crippen molar-refractivity contribution in [3.05, 3.63) is 94.5 Å². The molecule has 3 atom stereocenters. The molecule has 3 aromatic rings. The van der Waals surface area contributed by atoms with Gasteiger partial charge in [0.15, 0.2) is 5.78 Å². The maximum Gasteiger partial charge on any atom is 0.261 e. The standard InChI is InChI=1S/C27H22ClNO3/c1-16-21(14-15-24(16)29-26(31)22-4-2-3-5-23(22)27(29)32)25(30)19-8-6-17(7-9-19)18-10-12-20(28)13-11-18/h2-13,16,21,24H,14-15H2,1H3/t16-,21+,24-/m1/s1. The Balaban J connectivity index is 1.33. The van der Waals surface area contributed by atoms with Gasteiger partial charge in [0.2, 0.25) is 0 Å². The molecule has 5 heteroatoms. The van der Waals surface area contributed by atoms with Crippen molar-refractivity contribution in [1.29, 1.82) is 0 Å². The van der Waals surface area contributed by atoms with Crippen LogP contribution in [-0.4, -0.2) is 28.5 Å². The number of fused-ring (bicyclic) bond motifs is 1. The zero-order valence-corrected chi connectivity index (χ0v) is 18.4. The summed E-state index contributed by atoms with van der Waals surface area (Å²) < 4.78 is 0. The van der Waals surface area contributed by atoms with Gasteiger partial charge in [-0.2, -0.15) is 0 Å². The van der Waals surface area contributed by atoms with Crippen molar-refractivity contribution < 1.29 is 14.4 Å². The van der Waals surface area contributed by atoms with Crippen molar-refractivity contribution in [2.24, 2.45) is 11.8 Å². The minimum Gasteiger partial charge on any atom is -0.294 e. The SMILES string of the molecule is C[C@@H]1[C@@H](C(=O)c2ccc(-c3ccc(Cl)cc3)cc2)CC[C@H]1N1C(=O)c2ccccc2C1=O. The van der Waals surface area contributed by atoms with Crippen LogP contribution >= 0.6 is 11.6 Å². The number of amides is 2. The summed E-state index contributed by atoms with van der Waals surface area (Å²) in [4.78, 5) is 40.4. The summed E-state index contributed by atoms with van der Waals surface area (Å²) >= 11 is 5.97. The lowest BCUT2D eigenvalue weighted by molar-refractivity contribution is 0.0535. The van der Waals surface area contributed by atoms with Crippen molar-refractivity contribution in [2.45, 2.75) is 25.8 Å². The molecule has 0 N–H and O–H groups in total. The molecule has 0 saturated heterocycles. The summed E-state index contributed by atoms with van der Waals surface area (Å²) in [6.45, 7) is 1.98. The number of hydrogen-bond donors (Lipinski definition) is 0. The van der Waals surface area contributed by atoms with E-state index in [1.807, 2.05) is 55.5 Å². The summed E-state index contributed by atoms with van der Waals surface area (Å²) in [5.74, 6) is -0.739. The highest BCUT2D eigenvalue weighted by Gasteiger charge is 2.47. The summed E-state index contributed by atoms with van der Waals surface area (Å²) in [7, 11) is 0. The molecule has 0 bridgehead atoms. The van der Waals surface area contributed by atoms with Crippen molar-refractivity contribution in [2.75, 3.05) is 0 Å². The van der Waals surface area contributed by atoms with Crippen LogP contribution in [-0.2, 0) is 0 Å². The molecule has 1 fully saturated rings. The first-order valence-electron chi connectivity index (χ1n) is 10.8. The Morgan fingerprint density at radius 1 is 0.812 bits per heavy atom. The van der Waals surface area contributed by atoms with Gasteiger partial charge in [0.05, 0.1) is 11.1 Å². The Morgan fingerprint density at radius 3 is 1.91 bits per heavy atom. The van der Waals surface area contributed by atoms with E-state index in [4.69, 9.17) is 11.6 Å². The van der Waals surface area contributed by atoms with E-state index in [2.05, 4.69) is 0 Å². The highest BCUT2D eigenvalue weighted by Crippen LogP contribution is 2.40. The third-order valence-corrected chi connectivity index (χ3v) is 7.11. The lowest BCUT2D eigenvalue weighted by atomic mass is 9.87. The molecule has 32 heavy (non-hydrogen) atoms. The Bertz CT molecular complexity index is 1180. The summed E-state index contributed by atoms with van der Waals surface area (Å²) in [5.41, 5.74) is 3.62. The molecule has 0 radical (unpaired) electrons. The third-order valence-electron chi connectivity index (χ3n) is 6.86. The van der Waals surface area contributed by atoms with Crippen molar-refractivity contribution in [3.8, 4) is 11.1 Å². The second-order valence-corrected chi connectivity index (χ2v) is 9.02. The Kier molecular flexibility index (Phi) is 5.18. The number of hydrogen-bond acceptors (Lipinski definition) is 3. The number of ketones is 1. The Morgan fingerprint density at radius 2 is 1.34 bits per heavy atom. The average molecular weight is 444 g/mol. The topological polar surface area (TPSA) is 54.5 Å². The number of imide groups is 1. The molecule has 1 heterocycles. The molecular formula is C27H22ClNO3. The van der Waals surface area contributed by atoms with Crippen LogP contribution in [0.15, 0.2) is 72.8 Å². The van der Waals surface area contributed by atoms with Gasteiger partial charge in [-0.3, -0.25) is 19.3 Å². The van der Waals surface area contributed by atoms with Crippen LogP contribution in [0.5, 0.6) is 0 Å². The van der Waals surface area contributed by atoms with E-state index in [9.17, 15) is 14.4 Å². The van der Waals surface area contributed by atoms with Gasteiger partial charge >= 0.3 is 0 Å². The number of halogens is 1. The van der Waals surface area contributed by atoms with Crippen molar-refractivity contribution in [3.63, 3.8) is 0 Å². The zero-order valence-electron chi connectivity index (χ0n) is 17.6. The van der Waals surface area contributed by atoms with Crippen LogP contribution in [0.4, 0.5) is 0 Å². The summed E-state index contributed by atoms with van der Waals surface area (Å²) in [6, 6.07) is 21.8. The highest BCUT2D eigenvalue weighted by atomic mass is 35.5. The normalized spacial score (nSPS) is 22.3. The fraction of sp³-hybridized carbons (Fsp3) is 0.222. The minimum atomic E-state index is -0.260. The number of benzene rings is 3. The van der Waals surface area contributed by atoms with Crippen LogP contribution in [0.1, 0.15) is 50.8 Å². The van der Waals surface area contributed by atoms with Gasteiger partial charge in [-0.25, -0.2) is 0 Å². The zero-order chi connectivity index (χ0) is 22.4. The first-order chi connectivity index (χ1) is 15.5. The number of carbonyl (C=O) groups excluding carboxylic acids is 3. The van der Waals surface area contributed by atoms with Crippen LogP contribution in [0.3, 0.4) is 0 Å². The van der Waals surface area contributed by atoms with Gasteiger partial charge in [0.1, 0.15) is 0 Å². The van der Waals surface area contributed by atoms with E-state index in [1.165, 1.54) is 4.90 Å². The summed E-state index contributed by atoms with van der Waals surface area (Å²) in [5, 5.41) is 0.684. The molecule has 1 saturated carbocycles. The van der Waals surface area contributed by atoms with E-state index >= 15 is 0 Å². The molecule has 1 aliphatic carbocycles. The molecule has 3 aromatic carbocycles. The maximum absolute atomic E-state index is 13.3. The number of carbonyl (C=O) groups is 3. The molecule has 1 aliphatic heterocycles. The molecule has 2 amide bonds. The van der Waals surface area contributed by atoms with Crippen LogP contribution in [0.2, 0.25) is 5.02 Å². The van der Waals surface area contributed by atoms with Crippen LogP contribution in [0, 0.1) is 11.8 Å². The molecule has 4 nitrogen and oxygen atoms in total. The average Bonchev–Trinajstić information content (AvgIpc) is 3.31. The van der Waals surface area contributed by atoms with Gasteiger partial charge in [0, 0.05) is 22.5 Å². The monoisotopic (exact) mass is 443 g/mol. The molecule has 0 spiro atoms. The van der Waals surface area contributed by atoms with Crippen molar-refractivity contribution >= 4 is 29.2 Å². The van der Waals surface area contributed by atoms with Crippen LogP contribution in [0.25, 0.3) is 11.1 Å². The summed E-state index contributed by atoms with van der Waals surface area (Å²) in [6.07, 6.45) is 1.31. The molecular weight excluding hydrogens is 422 g/mol. The van der Waals surface area contributed by atoms with Crippen LogP contribution < -0.4 is 0 Å². The largest absolute Gasteiger partial charge is 0.294 e. The first-order valence-corrected chi connectivity index (χ1v) is 11.2. The number of nitrogens with zero attached hydrogens (tertiary/aromatic N) is 1. The van der Waals surface area contributed by atoms with E-state index in [1.54, 1.807) is 24.3 Å².